The van der Waals surface area contributed by atoms with Crippen molar-refractivity contribution in [3.63, 3.8) is 0 Å². The highest BCUT2D eigenvalue weighted by atomic mass is 32.2. The van der Waals surface area contributed by atoms with E-state index in [-0.39, 0.29) is 0 Å². The molecule has 0 bridgehead atoms. The molecule has 118 valence electrons. The van der Waals surface area contributed by atoms with Crippen LogP contribution >= 0.6 is 0 Å². The molecule has 2 heterocycles. The molecule has 1 saturated heterocycles. The number of hydrogen-bond donors (Lipinski definition) is 0. The molecule has 0 unspecified atom stereocenters. The summed E-state index contributed by atoms with van der Waals surface area (Å²) in [5.74, 6) is 0. The normalized spacial score (nSPS) is 16.8. The minimum Gasteiger partial charge on any atom is -0.236 e. The van der Waals surface area contributed by atoms with Crippen molar-refractivity contribution in [3.8, 4) is 5.69 Å². The van der Waals surface area contributed by atoms with Gasteiger partial charge in [0.15, 0.2) is 0 Å². The van der Waals surface area contributed by atoms with E-state index in [4.69, 9.17) is 0 Å². The van der Waals surface area contributed by atoms with E-state index in [1.54, 1.807) is 15.9 Å². The van der Waals surface area contributed by atoms with Gasteiger partial charge in [-0.05, 0) is 38.8 Å². The van der Waals surface area contributed by atoms with Crippen LogP contribution in [0.3, 0.4) is 0 Å². The van der Waals surface area contributed by atoms with Crippen molar-refractivity contribution in [2.24, 2.45) is 0 Å². The summed E-state index contributed by atoms with van der Waals surface area (Å²) >= 11 is 0. The second-order valence-corrected chi connectivity index (χ2v) is 7.59. The highest BCUT2D eigenvalue weighted by molar-refractivity contribution is 7.89. The Labute approximate surface area is 131 Å². The molecule has 0 N–H and O–H groups in total. The molecule has 0 radical (unpaired) electrons. The standard InChI is InChI=1S/C16H21N3O2S/c1-13-16(22(20,21)18-11-7-4-8-12-18)14(2)19(17-13)15-9-5-3-6-10-15/h3,5-6,9-10H,4,7-8,11-12H2,1-2H3. The molecule has 3 rings (SSSR count). The quantitative estimate of drug-likeness (QED) is 0.874. The van der Waals surface area contributed by atoms with Gasteiger partial charge < -0.3 is 0 Å². The van der Waals surface area contributed by atoms with Crippen LogP contribution in [0.25, 0.3) is 5.69 Å². The predicted molar refractivity (Wildman–Crippen MR) is 85.6 cm³/mol. The summed E-state index contributed by atoms with van der Waals surface area (Å²) in [5, 5.41) is 4.45. The molecule has 6 heteroatoms. The highest BCUT2D eigenvalue weighted by Crippen LogP contribution is 2.27. The zero-order valence-electron chi connectivity index (χ0n) is 13.0. The third-order valence-corrected chi connectivity index (χ3v) is 6.29. The fraction of sp³-hybridized carbons (Fsp3) is 0.438. The third-order valence-electron chi connectivity index (χ3n) is 4.14. The lowest BCUT2D eigenvalue weighted by atomic mass is 10.2. The van der Waals surface area contributed by atoms with Gasteiger partial charge in [-0.25, -0.2) is 13.1 Å². The monoisotopic (exact) mass is 319 g/mol. The minimum absolute atomic E-state index is 0.359. The van der Waals surface area contributed by atoms with E-state index in [0.717, 1.165) is 24.9 Å². The molecule has 0 atom stereocenters. The number of para-hydroxylation sites is 1. The maximum atomic E-state index is 12.9. The van der Waals surface area contributed by atoms with Gasteiger partial charge in [0.1, 0.15) is 4.90 Å². The number of hydrogen-bond acceptors (Lipinski definition) is 3. The van der Waals surface area contributed by atoms with Crippen molar-refractivity contribution in [2.45, 2.75) is 38.0 Å². The molecule has 2 aromatic rings. The zero-order valence-corrected chi connectivity index (χ0v) is 13.8. The molecule has 1 aliphatic heterocycles. The Morgan fingerprint density at radius 3 is 2.27 bits per heavy atom. The van der Waals surface area contributed by atoms with Crippen LogP contribution in [0.1, 0.15) is 30.7 Å². The van der Waals surface area contributed by atoms with Gasteiger partial charge in [0.2, 0.25) is 10.0 Å². The van der Waals surface area contributed by atoms with Gasteiger partial charge in [-0.3, -0.25) is 0 Å². The van der Waals surface area contributed by atoms with Crippen LogP contribution in [-0.2, 0) is 10.0 Å². The number of nitrogens with zero attached hydrogens (tertiary/aromatic N) is 3. The maximum Gasteiger partial charge on any atom is 0.246 e. The van der Waals surface area contributed by atoms with Crippen LogP contribution in [0.2, 0.25) is 0 Å². The van der Waals surface area contributed by atoms with Gasteiger partial charge in [-0.2, -0.15) is 9.40 Å². The molecule has 0 aliphatic carbocycles. The first-order chi connectivity index (χ1) is 10.5. The molecule has 1 aliphatic rings. The van der Waals surface area contributed by atoms with Crippen molar-refractivity contribution in [3.05, 3.63) is 41.7 Å². The lowest BCUT2D eigenvalue weighted by Gasteiger charge is -2.25. The first-order valence-electron chi connectivity index (χ1n) is 7.63. The molecule has 1 aromatic carbocycles. The smallest absolute Gasteiger partial charge is 0.236 e. The molecule has 5 nitrogen and oxygen atoms in total. The number of rotatable bonds is 3. The fourth-order valence-electron chi connectivity index (χ4n) is 3.06. The van der Waals surface area contributed by atoms with Gasteiger partial charge in [-0.15, -0.1) is 0 Å². The molecule has 0 saturated carbocycles. The van der Waals surface area contributed by atoms with Crippen molar-refractivity contribution in [1.29, 1.82) is 0 Å². The van der Waals surface area contributed by atoms with Gasteiger partial charge in [-0.1, -0.05) is 24.6 Å². The Morgan fingerprint density at radius 2 is 1.64 bits per heavy atom. The summed E-state index contributed by atoms with van der Waals surface area (Å²) in [6, 6.07) is 9.63. The average Bonchev–Trinajstić information content (AvgIpc) is 2.84. The van der Waals surface area contributed by atoms with Crippen molar-refractivity contribution in [1.82, 2.24) is 14.1 Å². The largest absolute Gasteiger partial charge is 0.246 e. The first-order valence-corrected chi connectivity index (χ1v) is 9.07. The van der Waals surface area contributed by atoms with E-state index in [1.165, 1.54) is 0 Å². The molecule has 0 amide bonds. The lowest BCUT2D eigenvalue weighted by Crippen LogP contribution is -2.36. The Bertz CT molecular complexity index is 760. The van der Waals surface area contributed by atoms with Crippen LogP contribution in [0, 0.1) is 13.8 Å². The molecule has 1 fully saturated rings. The highest BCUT2D eigenvalue weighted by Gasteiger charge is 2.31. The van der Waals surface area contributed by atoms with Gasteiger partial charge in [0, 0.05) is 13.1 Å². The Hall–Kier alpha value is -1.66. The summed E-state index contributed by atoms with van der Waals surface area (Å²) < 4.78 is 29.2. The van der Waals surface area contributed by atoms with Crippen LogP contribution < -0.4 is 0 Å². The van der Waals surface area contributed by atoms with Crippen molar-refractivity contribution >= 4 is 10.0 Å². The van der Waals surface area contributed by atoms with E-state index >= 15 is 0 Å². The predicted octanol–water partition coefficient (Wildman–Crippen LogP) is 2.66. The zero-order chi connectivity index (χ0) is 15.7. The summed E-state index contributed by atoms with van der Waals surface area (Å²) in [5.41, 5.74) is 2.12. The number of aryl methyl sites for hydroxylation is 1. The summed E-state index contributed by atoms with van der Waals surface area (Å²) in [4.78, 5) is 0.359. The second kappa shape index (κ2) is 5.85. The van der Waals surface area contributed by atoms with Gasteiger partial charge in [0.25, 0.3) is 0 Å². The first kappa shape index (κ1) is 15.2. The molecule has 0 spiro atoms. The van der Waals surface area contributed by atoms with E-state index in [2.05, 4.69) is 5.10 Å². The Morgan fingerprint density at radius 1 is 1.00 bits per heavy atom. The Balaban J connectivity index is 2.06. The number of sulfonamides is 1. The summed E-state index contributed by atoms with van der Waals surface area (Å²) in [6.45, 7) is 4.81. The third kappa shape index (κ3) is 2.57. The fourth-order valence-corrected chi connectivity index (χ4v) is 4.93. The molecule has 22 heavy (non-hydrogen) atoms. The number of piperidine rings is 1. The van der Waals surface area contributed by atoms with Gasteiger partial charge >= 0.3 is 0 Å². The molecular weight excluding hydrogens is 298 g/mol. The number of benzene rings is 1. The van der Waals surface area contributed by atoms with E-state index in [1.807, 2.05) is 37.3 Å². The van der Waals surface area contributed by atoms with E-state index in [9.17, 15) is 8.42 Å². The summed E-state index contributed by atoms with van der Waals surface area (Å²) in [6.07, 6.45) is 2.97. The van der Waals surface area contributed by atoms with Crippen molar-refractivity contribution in [2.75, 3.05) is 13.1 Å². The maximum absolute atomic E-state index is 12.9. The summed E-state index contributed by atoms with van der Waals surface area (Å²) in [7, 11) is -3.46. The van der Waals surface area contributed by atoms with Gasteiger partial charge in [0.05, 0.1) is 17.1 Å². The van der Waals surface area contributed by atoms with Crippen LogP contribution in [0.15, 0.2) is 35.2 Å². The molecular formula is C16H21N3O2S. The lowest BCUT2D eigenvalue weighted by molar-refractivity contribution is 0.346. The van der Waals surface area contributed by atoms with E-state index in [0.29, 0.717) is 29.4 Å². The number of aromatic nitrogens is 2. The van der Waals surface area contributed by atoms with E-state index < -0.39 is 10.0 Å². The minimum atomic E-state index is -3.46. The van der Waals surface area contributed by atoms with Crippen molar-refractivity contribution < 1.29 is 8.42 Å². The molecule has 1 aromatic heterocycles. The topological polar surface area (TPSA) is 55.2 Å². The average molecular weight is 319 g/mol. The SMILES string of the molecule is Cc1nn(-c2ccccc2)c(C)c1S(=O)(=O)N1CCCCC1. The second-order valence-electron chi connectivity index (χ2n) is 5.71. The Kier molecular flexibility index (Phi) is 4.06. The van der Waals surface area contributed by atoms with Crippen LogP contribution in [0.4, 0.5) is 0 Å². The van der Waals surface area contributed by atoms with Crippen LogP contribution in [0.5, 0.6) is 0 Å². The van der Waals surface area contributed by atoms with Crippen LogP contribution in [-0.4, -0.2) is 35.6 Å².